The van der Waals surface area contributed by atoms with Gasteiger partial charge in [0.15, 0.2) is 5.75 Å². The van der Waals surface area contributed by atoms with Crippen molar-refractivity contribution in [2.45, 2.75) is 17.9 Å². The number of nitrogens with one attached hydrogen (secondary N) is 2. The van der Waals surface area contributed by atoms with E-state index < -0.39 is 15.9 Å². The SMILES string of the molecule is CNC(C)CNS(=O)(=O)c1cc(Cl)cc(C(=O)N(C)C)c1OC. The normalized spacial score (nSPS) is 12.8. The molecule has 1 unspecified atom stereocenters. The van der Waals surface area contributed by atoms with E-state index in [-0.39, 0.29) is 33.8 Å². The lowest BCUT2D eigenvalue weighted by molar-refractivity contribution is 0.0824. The van der Waals surface area contributed by atoms with Crippen molar-refractivity contribution in [1.29, 1.82) is 0 Å². The molecule has 1 amide bonds. The van der Waals surface area contributed by atoms with Crippen LogP contribution in [0.3, 0.4) is 0 Å². The maximum Gasteiger partial charge on any atom is 0.257 e. The van der Waals surface area contributed by atoms with Crippen LogP contribution in [0, 0.1) is 0 Å². The molecular formula is C14H22ClN3O4S. The fourth-order valence-electron chi connectivity index (χ4n) is 1.79. The summed E-state index contributed by atoms with van der Waals surface area (Å²) in [5.41, 5.74) is 0.0899. The van der Waals surface area contributed by atoms with E-state index in [9.17, 15) is 13.2 Å². The van der Waals surface area contributed by atoms with Crippen LogP contribution in [-0.4, -0.2) is 60.1 Å². The smallest absolute Gasteiger partial charge is 0.257 e. The van der Waals surface area contributed by atoms with E-state index in [4.69, 9.17) is 16.3 Å². The van der Waals surface area contributed by atoms with Crippen LogP contribution in [0.1, 0.15) is 17.3 Å². The van der Waals surface area contributed by atoms with Gasteiger partial charge in [0.05, 0.1) is 12.7 Å². The van der Waals surface area contributed by atoms with Gasteiger partial charge in [-0.2, -0.15) is 0 Å². The molecule has 9 heteroatoms. The molecule has 0 aliphatic carbocycles. The molecule has 0 aliphatic rings. The summed E-state index contributed by atoms with van der Waals surface area (Å²) >= 11 is 5.99. The lowest BCUT2D eigenvalue weighted by Crippen LogP contribution is -2.37. The van der Waals surface area contributed by atoms with Gasteiger partial charge in [0.25, 0.3) is 5.91 Å². The van der Waals surface area contributed by atoms with E-state index in [2.05, 4.69) is 10.0 Å². The highest BCUT2D eigenvalue weighted by atomic mass is 35.5. The van der Waals surface area contributed by atoms with E-state index in [0.29, 0.717) is 0 Å². The van der Waals surface area contributed by atoms with Crippen molar-refractivity contribution in [1.82, 2.24) is 14.9 Å². The van der Waals surface area contributed by atoms with Crippen molar-refractivity contribution in [3.63, 3.8) is 0 Å². The Hall–Kier alpha value is -1.35. The Kier molecular flexibility index (Phi) is 6.82. The van der Waals surface area contributed by atoms with Crippen molar-refractivity contribution in [2.75, 3.05) is 34.8 Å². The largest absolute Gasteiger partial charge is 0.494 e. The van der Waals surface area contributed by atoms with E-state index in [1.165, 1.54) is 24.1 Å². The third kappa shape index (κ3) is 4.81. The standard InChI is InChI=1S/C14H22ClN3O4S/c1-9(16-2)8-17-23(20,21)12-7-10(15)6-11(13(12)22-5)14(19)18(3)4/h6-7,9,16-17H,8H2,1-5H3. The van der Waals surface area contributed by atoms with Crippen LogP contribution in [0.25, 0.3) is 0 Å². The van der Waals surface area contributed by atoms with Crippen LogP contribution in [0.5, 0.6) is 5.75 Å². The first-order valence-electron chi connectivity index (χ1n) is 6.90. The topological polar surface area (TPSA) is 87.7 Å². The van der Waals surface area contributed by atoms with E-state index in [0.717, 1.165) is 0 Å². The van der Waals surface area contributed by atoms with Gasteiger partial charge in [0, 0.05) is 31.7 Å². The number of hydrogen-bond donors (Lipinski definition) is 2. The summed E-state index contributed by atoms with van der Waals surface area (Å²) in [7, 11) is 2.28. The average molecular weight is 364 g/mol. The average Bonchev–Trinajstić information content (AvgIpc) is 2.50. The van der Waals surface area contributed by atoms with Gasteiger partial charge in [-0.05, 0) is 26.1 Å². The number of methoxy groups -OCH3 is 1. The molecular weight excluding hydrogens is 342 g/mol. The first kappa shape index (κ1) is 19.7. The van der Waals surface area contributed by atoms with E-state index >= 15 is 0 Å². The van der Waals surface area contributed by atoms with Gasteiger partial charge in [-0.3, -0.25) is 4.79 Å². The van der Waals surface area contributed by atoms with Gasteiger partial charge in [-0.1, -0.05) is 11.6 Å². The minimum atomic E-state index is -3.88. The van der Waals surface area contributed by atoms with Crippen LogP contribution in [0.2, 0.25) is 5.02 Å². The molecule has 0 bridgehead atoms. The molecule has 0 saturated carbocycles. The second-order valence-electron chi connectivity index (χ2n) is 5.23. The molecule has 1 rings (SSSR count). The second-order valence-corrected chi connectivity index (χ2v) is 7.40. The maximum atomic E-state index is 12.5. The van der Waals surface area contributed by atoms with Crippen molar-refractivity contribution >= 4 is 27.5 Å². The number of benzene rings is 1. The molecule has 0 aromatic heterocycles. The quantitative estimate of drug-likeness (QED) is 0.752. The fraction of sp³-hybridized carbons (Fsp3) is 0.500. The lowest BCUT2D eigenvalue weighted by Gasteiger charge is -2.18. The minimum Gasteiger partial charge on any atom is -0.494 e. The molecule has 0 saturated heterocycles. The molecule has 7 nitrogen and oxygen atoms in total. The summed E-state index contributed by atoms with van der Waals surface area (Å²) in [6.07, 6.45) is 0. The van der Waals surface area contributed by atoms with Crippen LogP contribution in [-0.2, 0) is 10.0 Å². The Morgan fingerprint density at radius 2 is 2.00 bits per heavy atom. The molecule has 0 radical (unpaired) electrons. The highest BCUT2D eigenvalue weighted by Crippen LogP contribution is 2.32. The van der Waals surface area contributed by atoms with Gasteiger partial charge >= 0.3 is 0 Å². The molecule has 0 aliphatic heterocycles. The number of sulfonamides is 1. The Bertz CT molecular complexity index is 677. The molecule has 1 aromatic carbocycles. The van der Waals surface area contributed by atoms with Crippen molar-refractivity contribution in [3.05, 3.63) is 22.7 Å². The van der Waals surface area contributed by atoms with Crippen LogP contribution >= 0.6 is 11.6 Å². The van der Waals surface area contributed by atoms with E-state index in [1.54, 1.807) is 21.1 Å². The molecule has 130 valence electrons. The summed E-state index contributed by atoms with van der Waals surface area (Å²) in [5.74, 6) is -0.429. The summed E-state index contributed by atoms with van der Waals surface area (Å²) in [4.78, 5) is 13.4. The number of hydrogen-bond acceptors (Lipinski definition) is 5. The monoisotopic (exact) mass is 363 g/mol. The van der Waals surface area contributed by atoms with Crippen LogP contribution < -0.4 is 14.8 Å². The Morgan fingerprint density at radius 1 is 1.39 bits per heavy atom. The third-order valence-corrected chi connectivity index (χ3v) is 4.87. The minimum absolute atomic E-state index is 0.0299. The highest BCUT2D eigenvalue weighted by molar-refractivity contribution is 7.89. The Balaban J connectivity index is 3.38. The molecule has 2 N–H and O–H groups in total. The molecule has 1 aromatic rings. The number of nitrogens with zero attached hydrogens (tertiary/aromatic N) is 1. The molecule has 1 atom stereocenters. The van der Waals surface area contributed by atoms with Crippen molar-refractivity contribution in [3.8, 4) is 5.75 Å². The number of carbonyl (C=O) groups excluding carboxylic acids is 1. The van der Waals surface area contributed by atoms with Gasteiger partial charge in [-0.15, -0.1) is 0 Å². The highest BCUT2D eigenvalue weighted by Gasteiger charge is 2.26. The number of ether oxygens (including phenoxy) is 1. The van der Waals surface area contributed by atoms with Crippen molar-refractivity contribution < 1.29 is 17.9 Å². The third-order valence-electron chi connectivity index (χ3n) is 3.22. The van der Waals surface area contributed by atoms with Crippen LogP contribution in [0.15, 0.2) is 17.0 Å². The second kappa shape index (κ2) is 7.96. The predicted molar refractivity (Wildman–Crippen MR) is 89.7 cm³/mol. The summed E-state index contributed by atoms with van der Waals surface area (Å²) in [5, 5.41) is 3.07. The number of likely N-dealkylation sites (N-methyl/N-ethyl adjacent to an activating group) is 1. The summed E-state index contributed by atoms with van der Waals surface area (Å²) in [6, 6.07) is 2.59. The van der Waals surface area contributed by atoms with Crippen LogP contribution in [0.4, 0.5) is 0 Å². The van der Waals surface area contributed by atoms with Gasteiger partial charge < -0.3 is 15.0 Å². The molecule has 0 heterocycles. The number of halogens is 1. The Morgan fingerprint density at radius 3 is 2.48 bits per heavy atom. The Labute approximate surface area is 142 Å². The number of carbonyl (C=O) groups is 1. The zero-order chi connectivity index (χ0) is 17.8. The number of rotatable bonds is 7. The first-order chi connectivity index (χ1) is 10.6. The van der Waals surface area contributed by atoms with Gasteiger partial charge in [0.2, 0.25) is 10.0 Å². The zero-order valence-corrected chi connectivity index (χ0v) is 15.4. The van der Waals surface area contributed by atoms with E-state index in [1.807, 2.05) is 6.92 Å². The molecule has 0 fully saturated rings. The summed E-state index contributed by atoms with van der Waals surface area (Å²) in [6.45, 7) is 2.02. The maximum absolute atomic E-state index is 12.5. The molecule has 23 heavy (non-hydrogen) atoms. The number of amides is 1. The van der Waals surface area contributed by atoms with Crippen molar-refractivity contribution in [2.24, 2.45) is 0 Å². The predicted octanol–water partition coefficient (Wildman–Crippen LogP) is 0.937. The molecule has 0 spiro atoms. The first-order valence-corrected chi connectivity index (χ1v) is 8.76. The summed E-state index contributed by atoms with van der Waals surface area (Å²) < 4.78 is 32.7. The lowest BCUT2D eigenvalue weighted by atomic mass is 10.2. The van der Waals surface area contributed by atoms with Gasteiger partial charge in [-0.25, -0.2) is 13.1 Å². The zero-order valence-electron chi connectivity index (χ0n) is 13.8. The van der Waals surface area contributed by atoms with Gasteiger partial charge in [0.1, 0.15) is 4.90 Å². The fourth-order valence-corrected chi connectivity index (χ4v) is 3.42.